The summed E-state index contributed by atoms with van der Waals surface area (Å²) in [5.41, 5.74) is 1.34. The third kappa shape index (κ3) is 3.99. The van der Waals surface area contributed by atoms with Crippen LogP contribution >= 0.6 is 0 Å². The molecule has 3 aromatic rings. The molecular formula is C26H26N4O5. The minimum atomic E-state index is -0.0536. The van der Waals surface area contributed by atoms with Gasteiger partial charge in [-0.2, -0.15) is 10.2 Å². The highest BCUT2D eigenvalue weighted by Gasteiger charge is 2.37. The first-order valence-electron chi connectivity index (χ1n) is 12.1. The van der Waals surface area contributed by atoms with Gasteiger partial charge in [-0.05, 0) is 55.5 Å². The monoisotopic (exact) mass is 474 g/mol. The molecule has 0 saturated carbocycles. The Balaban J connectivity index is 1.14. The Morgan fingerprint density at radius 3 is 2.66 bits per heavy atom. The summed E-state index contributed by atoms with van der Waals surface area (Å²) in [5, 5.41) is 9.55. The quantitative estimate of drug-likeness (QED) is 0.555. The molecule has 2 fully saturated rings. The van der Waals surface area contributed by atoms with Gasteiger partial charge < -0.3 is 28.1 Å². The molecule has 3 aliphatic heterocycles. The number of rotatable bonds is 4. The normalized spacial score (nSPS) is 20.1. The Morgan fingerprint density at radius 2 is 1.89 bits per heavy atom. The predicted octanol–water partition coefficient (Wildman–Crippen LogP) is 4.16. The van der Waals surface area contributed by atoms with E-state index in [0.29, 0.717) is 56.7 Å². The number of furan rings is 1. The maximum Gasteiger partial charge on any atom is 0.266 e. The van der Waals surface area contributed by atoms with Gasteiger partial charge in [-0.15, -0.1) is 0 Å². The molecule has 1 unspecified atom stereocenters. The molecule has 2 aromatic heterocycles. The van der Waals surface area contributed by atoms with Crippen molar-refractivity contribution < 1.29 is 23.1 Å². The van der Waals surface area contributed by atoms with Crippen LogP contribution in [0.25, 0.3) is 11.7 Å². The molecule has 6 rings (SSSR count). The number of hydrogen-bond donors (Lipinski definition) is 0. The Labute approximate surface area is 202 Å². The average molecular weight is 475 g/mol. The van der Waals surface area contributed by atoms with Gasteiger partial charge in [0, 0.05) is 25.6 Å². The van der Waals surface area contributed by atoms with Crippen LogP contribution in [0, 0.1) is 17.2 Å². The van der Waals surface area contributed by atoms with Crippen molar-refractivity contribution in [2.45, 2.75) is 31.7 Å². The highest BCUT2D eigenvalue weighted by Crippen LogP contribution is 2.40. The van der Waals surface area contributed by atoms with Gasteiger partial charge in [-0.25, -0.2) is 0 Å². The zero-order valence-electron chi connectivity index (χ0n) is 19.3. The molecule has 3 aliphatic rings. The summed E-state index contributed by atoms with van der Waals surface area (Å²) in [7, 11) is 0. The van der Waals surface area contributed by atoms with Crippen molar-refractivity contribution in [3.05, 3.63) is 47.9 Å². The van der Waals surface area contributed by atoms with Crippen LogP contribution in [0.4, 0.5) is 5.88 Å². The number of benzene rings is 1. The lowest BCUT2D eigenvalue weighted by atomic mass is 9.94. The number of piperidine rings is 1. The summed E-state index contributed by atoms with van der Waals surface area (Å²) in [6.45, 7) is 3.13. The summed E-state index contributed by atoms with van der Waals surface area (Å²) < 4.78 is 22.6. The van der Waals surface area contributed by atoms with Crippen LogP contribution < -0.4 is 14.4 Å². The number of carbonyl (C=O) groups is 1. The largest absolute Gasteiger partial charge is 0.486 e. The first-order chi connectivity index (χ1) is 17.2. The molecule has 1 aromatic carbocycles. The van der Waals surface area contributed by atoms with E-state index < -0.39 is 0 Å². The number of anilines is 1. The minimum Gasteiger partial charge on any atom is -0.486 e. The van der Waals surface area contributed by atoms with Crippen LogP contribution in [0.3, 0.4) is 0 Å². The summed E-state index contributed by atoms with van der Waals surface area (Å²) in [6, 6.07) is 11.7. The first-order valence-corrected chi connectivity index (χ1v) is 12.1. The number of amides is 1. The van der Waals surface area contributed by atoms with Gasteiger partial charge in [0.25, 0.3) is 5.89 Å². The Morgan fingerprint density at radius 1 is 1.06 bits per heavy atom. The van der Waals surface area contributed by atoms with Gasteiger partial charge >= 0.3 is 0 Å². The topological polar surface area (TPSA) is 105 Å². The van der Waals surface area contributed by atoms with Crippen LogP contribution in [0.2, 0.25) is 0 Å². The Bertz CT molecular complexity index is 1250. The van der Waals surface area contributed by atoms with Crippen molar-refractivity contribution in [2.24, 2.45) is 5.92 Å². The lowest BCUT2D eigenvalue weighted by Gasteiger charge is -2.35. The fourth-order valence-corrected chi connectivity index (χ4v) is 5.31. The number of nitrogens with zero attached hydrogens (tertiary/aromatic N) is 4. The first kappa shape index (κ1) is 21.6. The number of carbonyl (C=O) groups excluding carboxylic acids is 1. The maximum absolute atomic E-state index is 13.5. The second kappa shape index (κ2) is 9.02. The fourth-order valence-electron chi connectivity index (χ4n) is 5.31. The van der Waals surface area contributed by atoms with Gasteiger partial charge in [0.05, 0.1) is 12.3 Å². The van der Waals surface area contributed by atoms with Crippen molar-refractivity contribution in [3.63, 3.8) is 0 Å². The van der Waals surface area contributed by atoms with E-state index >= 15 is 0 Å². The molecule has 1 amide bonds. The maximum atomic E-state index is 13.5. The number of ether oxygens (including phenoxy) is 2. The number of oxazole rings is 1. The molecule has 9 heteroatoms. The number of likely N-dealkylation sites (tertiary alicyclic amines) is 1. The van der Waals surface area contributed by atoms with Crippen LogP contribution in [0.15, 0.2) is 45.4 Å². The van der Waals surface area contributed by atoms with Crippen LogP contribution in [-0.2, 0) is 4.79 Å². The van der Waals surface area contributed by atoms with E-state index in [4.69, 9.17) is 18.3 Å². The molecule has 0 aliphatic carbocycles. The van der Waals surface area contributed by atoms with E-state index in [2.05, 4.69) is 17.1 Å². The zero-order chi connectivity index (χ0) is 23.8. The van der Waals surface area contributed by atoms with E-state index in [1.165, 1.54) is 0 Å². The van der Waals surface area contributed by atoms with Gasteiger partial charge in [-0.3, -0.25) is 4.79 Å². The molecule has 0 radical (unpaired) electrons. The summed E-state index contributed by atoms with van der Waals surface area (Å²) in [5.74, 6) is 2.90. The zero-order valence-corrected chi connectivity index (χ0v) is 19.3. The number of nitriles is 1. The van der Waals surface area contributed by atoms with Crippen molar-refractivity contribution in [1.82, 2.24) is 9.88 Å². The molecule has 9 nitrogen and oxygen atoms in total. The molecule has 2 saturated heterocycles. The highest BCUT2D eigenvalue weighted by atomic mass is 16.6. The lowest BCUT2D eigenvalue weighted by Crippen LogP contribution is -2.42. The van der Waals surface area contributed by atoms with E-state index in [1.54, 1.807) is 18.4 Å². The predicted molar refractivity (Wildman–Crippen MR) is 125 cm³/mol. The van der Waals surface area contributed by atoms with Crippen molar-refractivity contribution in [3.8, 4) is 29.2 Å². The van der Waals surface area contributed by atoms with Crippen molar-refractivity contribution in [2.75, 3.05) is 37.7 Å². The summed E-state index contributed by atoms with van der Waals surface area (Å²) in [6.07, 6.45) is 4.88. The van der Waals surface area contributed by atoms with Crippen molar-refractivity contribution in [1.29, 1.82) is 5.26 Å². The fraction of sp³-hybridized carbons (Fsp3) is 0.423. The second-order valence-corrected chi connectivity index (χ2v) is 9.12. The molecule has 0 N–H and O–H groups in total. The van der Waals surface area contributed by atoms with E-state index in [1.807, 2.05) is 21.9 Å². The minimum absolute atomic E-state index is 0.0536. The lowest BCUT2D eigenvalue weighted by molar-refractivity contribution is -0.137. The molecule has 180 valence electrons. The SMILES string of the molecule is N#Cc1nc(-c2ccco2)oc1N1CCC(C(=O)N2CCCC2c2ccc3c(c2)OCCO3)CC1. The van der Waals surface area contributed by atoms with Crippen LogP contribution in [0.1, 0.15) is 43.0 Å². The van der Waals surface area contributed by atoms with Crippen LogP contribution in [-0.4, -0.2) is 48.6 Å². The van der Waals surface area contributed by atoms with Gasteiger partial charge in [0.2, 0.25) is 17.5 Å². The average Bonchev–Trinajstić information content (AvgIpc) is 3.68. The van der Waals surface area contributed by atoms with Crippen LogP contribution in [0.5, 0.6) is 11.5 Å². The number of fused-ring (bicyclic) bond motifs is 1. The van der Waals surface area contributed by atoms with Gasteiger partial charge in [-0.1, -0.05) is 6.07 Å². The Kier molecular flexibility index (Phi) is 5.57. The summed E-state index contributed by atoms with van der Waals surface area (Å²) in [4.78, 5) is 21.9. The molecule has 1 atom stereocenters. The van der Waals surface area contributed by atoms with E-state index in [9.17, 15) is 10.1 Å². The summed E-state index contributed by atoms with van der Waals surface area (Å²) >= 11 is 0. The highest BCUT2D eigenvalue weighted by molar-refractivity contribution is 5.80. The Hall–Kier alpha value is -3.93. The molecule has 0 bridgehead atoms. The molecule has 35 heavy (non-hydrogen) atoms. The third-order valence-electron chi connectivity index (χ3n) is 7.07. The molecular weight excluding hydrogens is 448 g/mol. The van der Waals surface area contributed by atoms with Gasteiger partial charge in [0.15, 0.2) is 17.3 Å². The number of aromatic nitrogens is 1. The van der Waals surface area contributed by atoms with Gasteiger partial charge in [0.1, 0.15) is 19.3 Å². The van der Waals surface area contributed by atoms with E-state index in [0.717, 1.165) is 36.4 Å². The molecule has 5 heterocycles. The molecule has 0 spiro atoms. The van der Waals surface area contributed by atoms with Crippen molar-refractivity contribution >= 4 is 11.8 Å². The second-order valence-electron chi connectivity index (χ2n) is 9.12. The standard InChI is InChI=1S/C26H26N4O5/c27-16-19-26(35-24(28-19)22-4-2-12-32-22)29-10-7-17(8-11-29)25(31)30-9-1-3-20(30)18-5-6-21-23(15-18)34-14-13-33-21/h2,4-6,12,15,17,20H,1,3,7-11,13-14H2. The smallest absolute Gasteiger partial charge is 0.266 e. The third-order valence-corrected chi connectivity index (χ3v) is 7.07. The number of hydrogen-bond acceptors (Lipinski definition) is 8. The van der Waals surface area contributed by atoms with E-state index in [-0.39, 0.29) is 23.6 Å².